The second-order valence-corrected chi connectivity index (χ2v) is 7.89. The smallest absolute Gasteiger partial charge is 0.331 e. The Labute approximate surface area is 205 Å². The molecule has 1 aromatic carbocycles. The first kappa shape index (κ1) is 27.6. The molecule has 2 rings (SSSR count). The number of benzene rings is 1. The van der Waals surface area contributed by atoms with Gasteiger partial charge in [-0.25, -0.2) is 14.4 Å². The van der Waals surface area contributed by atoms with Gasteiger partial charge in [0.2, 0.25) is 5.91 Å². The molecule has 0 saturated carbocycles. The molecule has 0 bridgehead atoms. The number of nitrogens with one attached hydrogen (secondary N) is 3. The first-order valence-electron chi connectivity index (χ1n) is 10.8. The maximum Gasteiger partial charge on any atom is 0.331 e. The van der Waals surface area contributed by atoms with Gasteiger partial charge in [0.05, 0.1) is 13.0 Å². The number of hydrogen-bond acceptors (Lipinski definition) is 6. The van der Waals surface area contributed by atoms with E-state index in [9.17, 15) is 34.2 Å². The van der Waals surface area contributed by atoms with Gasteiger partial charge in [-0.3, -0.25) is 15.0 Å². The van der Waals surface area contributed by atoms with Crippen molar-refractivity contribution >= 4 is 35.8 Å². The van der Waals surface area contributed by atoms with Crippen LogP contribution in [0.4, 0.5) is 4.79 Å². The molecule has 36 heavy (non-hydrogen) atoms. The number of amides is 3. The number of carbonyl (C=O) groups is 5. The summed E-state index contributed by atoms with van der Waals surface area (Å²) in [6.45, 7) is 0.378. The van der Waals surface area contributed by atoms with Crippen molar-refractivity contribution in [2.45, 2.75) is 24.9 Å². The molecule has 3 amide bonds. The molecule has 1 heterocycles. The predicted octanol–water partition coefficient (Wildman–Crippen LogP) is -0.606. The molecule has 8 N–H and O–H groups in total. The molecule has 14 heteroatoms. The van der Waals surface area contributed by atoms with Gasteiger partial charge < -0.3 is 41.5 Å². The van der Waals surface area contributed by atoms with Crippen LogP contribution in [-0.4, -0.2) is 93.1 Å². The number of aliphatic carboxylic acids is 3. The van der Waals surface area contributed by atoms with E-state index in [0.717, 1.165) is 5.57 Å². The topological polar surface area (TPSA) is 226 Å². The predicted molar refractivity (Wildman–Crippen MR) is 125 cm³/mol. The molecule has 0 fully saturated rings. The Bertz CT molecular complexity index is 1040. The van der Waals surface area contributed by atoms with Crippen LogP contribution in [0.25, 0.3) is 0 Å². The average molecular weight is 505 g/mol. The van der Waals surface area contributed by atoms with Crippen molar-refractivity contribution in [3.05, 3.63) is 47.5 Å². The van der Waals surface area contributed by atoms with E-state index < -0.39 is 54.9 Å². The summed E-state index contributed by atoms with van der Waals surface area (Å²) in [7, 11) is 0. The van der Waals surface area contributed by atoms with Gasteiger partial charge in [0, 0.05) is 19.6 Å². The Morgan fingerprint density at radius 2 is 1.72 bits per heavy atom. The maximum absolute atomic E-state index is 13.0. The second kappa shape index (κ2) is 12.7. The summed E-state index contributed by atoms with van der Waals surface area (Å²) in [5.41, 5.74) is 6.44. The number of nitrogens with two attached hydrogens (primary N) is 1. The lowest BCUT2D eigenvalue weighted by Gasteiger charge is -2.33. The molecule has 1 aromatic rings. The molecule has 2 atom stereocenters. The van der Waals surface area contributed by atoms with Gasteiger partial charge in [0.1, 0.15) is 6.04 Å². The van der Waals surface area contributed by atoms with Gasteiger partial charge in [-0.15, -0.1) is 0 Å². The zero-order valence-electron chi connectivity index (χ0n) is 19.2. The third-order valence-corrected chi connectivity index (χ3v) is 5.37. The van der Waals surface area contributed by atoms with E-state index in [1.165, 1.54) is 24.3 Å². The van der Waals surface area contributed by atoms with Crippen molar-refractivity contribution in [3.63, 3.8) is 0 Å². The molecule has 0 aliphatic carbocycles. The van der Waals surface area contributed by atoms with Crippen LogP contribution in [-0.2, 0) is 19.2 Å². The number of urea groups is 1. The van der Waals surface area contributed by atoms with E-state index in [0.29, 0.717) is 24.4 Å². The fourth-order valence-corrected chi connectivity index (χ4v) is 3.65. The number of guanidine groups is 1. The van der Waals surface area contributed by atoms with Crippen molar-refractivity contribution in [3.8, 4) is 0 Å². The van der Waals surface area contributed by atoms with Crippen molar-refractivity contribution in [1.29, 1.82) is 5.41 Å². The second-order valence-electron chi connectivity index (χ2n) is 7.89. The summed E-state index contributed by atoms with van der Waals surface area (Å²) in [5.74, 6) is -5.98. The molecule has 0 aromatic heterocycles. The summed E-state index contributed by atoms with van der Waals surface area (Å²) < 4.78 is 0. The van der Waals surface area contributed by atoms with E-state index in [4.69, 9.17) is 16.2 Å². The largest absolute Gasteiger partial charge is 0.481 e. The molecule has 2 unspecified atom stereocenters. The van der Waals surface area contributed by atoms with Crippen LogP contribution < -0.4 is 16.4 Å². The van der Waals surface area contributed by atoms with Crippen molar-refractivity contribution in [1.82, 2.24) is 20.4 Å². The highest BCUT2D eigenvalue weighted by Crippen LogP contribution is 2.25. The lowest BCUT2D eigenvalue weighted by molar-refractivity contribution is -0.162. The van der Waals surface area contributed by atoms with E-state index >= 15 is 0 Å². The van der Waals surface area contributed by atoms with Crippen LogP contribution in [0.15, 0.2) is 42.0 Å². The Morgan fingerprint density at radius 1 is 1.06 bits per heavy atom. The highest BCUT2D eigenvalue weighted by molar-refractivity contribution is 5.93. The van der Waals surface area contributed by atoms with E-state index in [-0.39, 0.29) is 18.1 Å². The third-order valence-electron chi connectivity index (χ3n) is 5.37. The molecular formula is C22H28N6O8. The lowest BCUT2D eigenvalue weighted by Crippen LogP contribution is -2.53. The molecule has 14 nitrogen and oxygen atoms in total. The Morgan fingerprint density at radius 3 is 2.25 bits per heavy atom. The molecule has 0 spiro atoms. The molecule has 0 radical (unpaired) electrons. The quantitative estimate of drug-likeness (QED) is 0.109. The molecule has 194 valence electrons. The summed E-state index contributed by atoms with van der Waals surface area (Å²) in [4.78, 5) is 62.4. The highest BCUT2D eigenvalue weighted by Gasteiger charge is 2.40. The van der Waals surface area contributed by atoms with Crippen molar-refractivity contribution in [2.24, 2.45) is 5.73 Å². The van der Waals surface area contributed by atoms with Gasteiger partial charge in [0.15, 0.2) is 12.0 Å². The SMILES string of the molecule is N=C(N)N1CC=C(CCNC(=O)NCC(=O)N(C(CC(=O)O)C(=O)O)C(C(=O)O)c2ccccc2)C1. The molecule has 1 aliphatic rings. The zero-order valence-corrected chi connectivity index (χ0v) is 19.2. The molecule has 0 saturated heterocycles. The number of carboxylic acids is 3. The van der Waals surface area contributed by atoms with Gasteiger partial charge in [-0.1, -0.05) is 42.0 Å². The maximum atomic E-state index is 13.0. The first-order chi connectivity index (χ1) is 17.0. The van der Waals surface area contributed by atoms with Gasteiger partial charge in [-0.05, 0) is 12.0 Å². The number of carbonyl (C=O) groups excluding carboxylic acids is 2. The summed E-state index contributed by atoms with van der Waals surface area (Å²) >= 11 is 0. The minimum atomic E-state index is -2.00. The minimum absolute atomic E-state index is 0.0592. The number of hydrogen-bond donors (Lipinski definition) is 7. The van der Waals surface area contributed by atoms with Crippen LogP contribution in [0.1, 0.15) is 24.4 Å². The van der Waals surface area contributed by atoms with Crippen molar-refractivity contribution < 1.29 is 39.3 Å². The fourth-order valence-electron chi connectivity index (χ4n) is 3.65. The van der Waals surface area contributed by atoms with Crippen LogP contribution in [0, 0.1) is 5.41 Å². The average Bonchev–Trinajstić information content (AvgIpc) is 3.29. The van der Waals surface area contributed by atoms with Crippen molar-refractivity contribution in [2.75, 3.05) is 26.2 Å². The zero-order chi connectivity index (χ0) is 26.8. The highest BCUT2D eigenvalue weighted by atomic mass is 16.4. The Balaban J connectivity index is 2.08. The van der Waals surface area contributed by atoms with E-state index in [2.05, 4.69) is 10.6 Å². The molecular weight excluding hydrogens is 476 g/mol. The van der Waals surface area contributed by atoms with Crippen LogP contribution in [0.2, 0.25) is 0 Å². The standard InChI is InChI=1S/C22H28N6O8/c23-21(24)27-9-7-13(12-27)6-8-25-22(36)26-11-16(29)28(15(19(32)33)10-17(30)31)18(20(34)35)14-4-2-1-3-5-14/h1-5,7,15,18H,6,8-12H2,(H3,23,24)(H,30,31)(H,32,33)(H,34,35)(H2,25,26,36). The van der Waals surface area contributed by atoms with E-state index in [1.54, 1.807) is 11.0 Å². The van der Waals surface area contributed by atoms with Gasteiger partial charge in [0.25, 0.3) is 0 Å². The normalized spacial score (nSPS) is 14.2. The third kappa shape index (κ3) is 7.72. The number of rotatable bonds is 12. The Kier molecular flexibility index (Phi) is 9.77. The van der Waals surface area contributed by atoms with Gasteiger partial charge >= 0.3 is 23.9 Å². The number of carboxylic acid groups (broad SMARTS) is 3. The monoisotopic (exact) mass is 504 g/mol. The summed E-state index contributed by atoms with van der Waals surface area (Å²) in [6.07, 6.45) is 1.30. The minimum Gasteiger partial charge on any atom is -0.481 e. The van der Waals surface area contributed by atoms with Crippen LogP contribution in [0.3, 0.4) is 0 Å². The van der Waals surface area contributed by atoms with E-state index in [1.807, 2.05) is 6.08 Å². The Hall–Kier alpha value is -4.62. The lowest BCUT2D eigenvalue weighted by atomic mass is 10.0. The fraction of sp³-hybridized carbons (Fsp3) is 0.364. The van der Waals surface area contributed by atoms with Crippen LogP contribution >= 0.6 is 0 Å². The van der Waals surface area contributed by atoms with Gasteiger partial charge in [-0.2, -0.15) is 0 Å². The first-order valence-corrected chi connectivity index (χ1v) is 10.8. The summed E-state index contributed by atoms with van der Waals surface area (Å²) in [5, 5.41) is 40.7. The summed E-state index contributed by atoms with van der Waals surface area (Å²) in [6, 6.07) is 2.73. The number of nitrogens with zero attached hydrogens (tertiary/aromatic N) is 2. The van der Waals surface area contributed by atoms with Crippen LogP contribution in [0.5, 0.6) is 0 Å². The molecule has 1 aliphatic heterocycles.